The zero-order valence-corrected chi connectivity index (χ0v) is 22.4. The largest absolute Gasteiger partial charge is 0.494 e. The Balaban J connectivity index is 1.73. The molecule has 4 heterocycles. The van der Waals surface area contributed by atoms with Crippen LogP contribution < -0.4 is 18.9 Å². The van der Waals surface area contributed by atoms with Gasteiger partial charge in [-0.3, -0.25) is 9.29 Å². The van der Waals surface area contributed by atoms with Crippen molar-refractivity contribution < 1.29 is 22.6 Å². The Morgan fingerprint density at radius 1 is 0.949 bits per heavy atom. The van der Waals surface area contributed by atoms with E-state index >= 15 is 0 Å². The third kappa shape index (κ3) is 5.03. The molecule has 1 N–H and O–H groups in total. The average molecular weight is 548 g/mol. The molecule has 0 fully saturated rings. The summed E-state index contributed by atoms with van der Waals surface area (Å²) in [6, 6.07) is 15.3. The predicted molar refractivity (Wildman–Crippen MR) is 144 cm³/mol. The monoisotopic (exact) mass is 547 g/mol. The van der Waals surface area contributed by atoms with Crippen molar-refractivity contribution >= 4 is 27.0 Å². The first-order valence-electron chi connectivity index (χ1n) is 11.9. The molecule has 0 saturated carbocycles. The summed E-state index contributed by atoms with van der Waals surface area (Å²) in [6.45, 7) is 4.13. The molecule has 0 radical (unpaired) electrons. The Morgan fingerprint density at radius 2 is 1.69 bits per heavy atom. The molecule has 39 heavy (non-hydrogen) atoms. The molecule has 1 aromatic carbocycles. The molecule has 0 amide bonds. The number of para-hydroxylation sites is 1. The lowest BCUT2D eigenvalue weighted by molar-refractivity contribution is 0.327. The van der Waals surface area contributed by atoms with Crippen LogP contribution in [0.5, 0.6) is 17.4 Å². The van der Waals surface area contributed by atoms with Crippen LogP contribution in [0.4, 0.5) is 5.82 Å². The Hall–Kier alpha value is -4.78. The average Bonchev–Trinajstić information content (AvgIpc) is 3.31. The second-order valence-corrected chi connectivity index (χ2v) is 9.92. The molecular formula is C26H25N7O5S. The number of aromatic nitrogens is 6. The second-order valence-electron chi connectivity index (χ2n) is 8.29. The maximum atomic E-state index is 13.0. The SMILES string of the molecule is CCOc1cccc(-c2nc3nnc(NS(=O)(=O)c4ccc(C)cn4)cc3n2-c2c(OC)cccc2OC)n1. The topological polar surface area (TPSA) is 143 Å². The first kappa shape index (κ1) is 25.9. The van der Waals surface area contributed by atoms with E-state index in [4.69, 9.17) is 14.2 Å². The molecule has 5 aromatic rings. The maximum absolute atomic E-state index is 13.0. The summed E-state index contributed by atoms with van der Waals surface area (Å²) >= 11 is 0. The zero-order chi connectivity index (χ0) is 27.6. The summed E-state index contributed by atoms with van der Waals surface area (Å²) in [4.78, 5) is 13.3. The van der Waals surface area contributed by atoms with E-state index in [2.05, 4.69) is 29.9 Å². The summed E-state index contributed by atoms with van der Waals surface area (Å²) in [5, 5.41) is 8.12. The Morgan fingerprint density at radius 3 is 2.36 bits per heavy atom. The van der Waals surface area contributed by atoms with Crippen molar-refractivity contribution in [2.24, 2.45) is 0 Å². The van der Waals surface area contributed by atoms with Crippen LogP contribution in [0, 0.1) is 6.92 Å². The molecule has 0 spiro atoms. The quantitative estimate of drug-likeness (QED) is 0.289. The van der Waals surface area contributed by atoms with E-state index < -0.39 is 10.0 Å². The molecular weight excluding hydrogens is 522 g/mol. The fourth-order valence-corrected chi connectivity index (χ4v) is 4.87. The lowest BCUT2D eigenvalue weighted by Crippen LogP contribution is -2.15. The van der Waals surface area contributed by atoms with E-state index in [0.717, 1.165) is 5.56 Å². The number of anilines is 1. The lowest BCUT2D eigenvalue weighted by Gasteiger charge is -2.17. The molecule has 200 valence electrons. The molecule has 0 unspecified atom stereocenters. The minimum atomic E-state index is -4.03. The normalized spacial score (nSPS) is 11.4. The number of nitrogens with zero attached hydrogens (tertiary/aromatic N) is 6. The number of benzene rings is 1. The minimum Gasteiger partial charge on any atom is -0.494 e. The third-order valence-corrected chi connectivity index (χ3v) is 6.96. The third-order valence-electron chi connectivity index (χ3n) is 5.69. The number of rotatable bonds is 9. The van der Waals surface area contributed by atoms with Gasteiger partial charge in [-0.1, -0.05) is 18.2 Å². The highest BCUT2D eigenvalue weighted by molar-refractivity contribution is 7.92. The molecule has 0 aliphatic rings. The molecule has 0 bridgehead atoms. The number of nitrogens with one attached hydrogen (secondary N) is 1. The number of hydrogen-bond acceptors (Lipinski definition) is 10. The summed E-state index contributed by atoms with van der Waals surface area (Å²) in [7, 11) is -0.949. The standard InChI is InChI=1S/C26H25N7O5S/c1-5-38-22-11-6-8-17(28-22)26-29-25-18(33(26)24-19(36-3)9-7-10-20(24)37-4)14-21(30-31-25)32-39(34,35)23-13-12-16(2)15-27-23/h6-15H,5H2,1-4H3,(H,30,32). The van der Waals surface area contributed by atoms with Crippen LogP contribution in [-0.4, -0.2) is 59.0 Å². The van der Waals surface area contributed by atoms with E-state index in [1.165, 1.54) is 18.3 Å². The van der Waals surface area contributed by atoms with Gasteiger partial charge in [0.25, 0.3) is 10.0 Å². The van der Waals surface area contributed by atoms with Gasteiger partial charge in [0.05, 0.1) is 26.3 Å². The highest BCUT2D eigenvalue weighted by Gasteiger charge is 2.24. The fourth-order valence-electron chi connectivity index (χ4n) is 3.95. The van der Waals surface area contributed by atoms with Crippen molar-refractivity contribution in [1.29, 1.82) is 0 Å². The van der Waals surface area contributed by atoms with Crippen molar-refractivity contribution in [2.45, 2.75) is 18.9 Å². The van der Waals surface area contributed by atoms with Gasteiger partial charge in [-0.05, 0) is 43.7 Å². The zero-order valence-electron chi connectivity index (χ0n) is 21.6. The summed E-state index contributed by atoms with van der Waals surface area (Å²) in [5.74, 6) is 1.76. The van der Waals surface area contributed by atoms with E-state index in [-0.39, 0.29) is 16.5 Å². The lowest BCUT2D eigenvalue weighted by atomic mass is 10.2. The van der Waals surface area contributed by atoms with Gasteiger partial charge in [0.2, 0.25) is 11.5 Å². The number of aryl methyl sites for hydroxylation is 1. The highest BCUT2D eigenvalue weighted by atomic mass is 32.2. The van der Waals surface area contributed by atoms with Crippen molar-refractivity contribution in [1.82, 2.24) is 29.7 Å². The summed E-state index contributed by atoms with van der Waals surface area (Å²) in [5.41, 5.74) is 2.52. The molecule has 0 saturated heterocycles. The van der Waals surface area contributed by atoms with Gasteiger partial charge < -0.3 is 14.2 Å². The van der Waals surface area contributed by atoms with Crippen molar-refractivity contribution in [3.05, 3.63) is 66.4 Å². The van der Waals surface area contributed by atoms with Gasteiger partial charge >= 0.3 is 0 Å². The van der Waals surface area contributed by atoms with E-state index in [1.54, 1.807) is 61.3 Å². The maximum Gasteiger partial charge on any atom is 0.280 e. The predicted octanol–water partition coefficient (Wildman–Crippen LogP) is 3.80. The van der Waals surface area contributed by atoms with Gasteiger partial charge in [-0.2, -0.15) is 8.42 Å². The van der Waals surface area contributed by atoms with Crippen molar-refractivity contribution in [2.75, 3.05) is 25.5 Å². The van der Waals surface area contributed by atoms with Gasteiger partial charge in [-0.25, -0.2) is 15.0 Å². The van der Waals surface area contributed by atoms with Crippen LogP contribution in [0.2, 0.25) is 0 Å². The number of pyridine rings is 2. The first-order chi connectivity index (χ1) is 18.8. The Kier molecular flexibility index (Phi) is 6.98. The van der Waals surface area contributed by atoms with Crippen molar-refractivity contribution in [3.8, 4) is 34.6 Å². The van der Waals surface area contributed by atoms with Gasteiger partial charge in [0.1, 0.15) is 22.9 Å². The fraction of sp³-hybridized carbons (Fsp3) is 0.192. The Labute approximate surface area is 224 Å². The Bertz CT molecular complexity index is 1730. The molecule has 13 heteroatoms. The molecule has 0 atom stereocenters. The summed E-state index contributed by atoms with van der Waals surface area (Å²) in [6.07, 6.45) is 1.47. The second kappa shape index (κ2) is 10.5. The smallest absolute Gasteiger partial charge is 0.280 e. The molecule has 5 rings (SSSR count). The number of hydrogen-bond donors (Lipinski definition) is 1. The van der Waals surface area contributed by atoms with Gasteiger partial charge in [-0.15, -0.1) is 10.2 Å². The number of fused-ring (bicyclic) bond motifs is 1. The molecule has 0 aliphatic heterocycles. The number of ether oxygens (including phenoxy) is 3. The van der Waals surface area contributed by atoms with Crippen LogP contribution in [0.3, 0.4) is 0 Å². The number of methoxy groups -OCH3 is 2. The highest BCUT2D eigenvalue weighted by Crippen LogP contribution is 2.38. The number of imidazole rings is 1. The van der Waals surface area contributed by atoms with Crippen molar-refractivity contribution in [3.63, 3.8) is 0 Å². The summed E-state index contributed by atoms with van der Waals surface area (Å²) < 4.78 is 47.1. The van der Waals surface area contributed by atoms with E-state index in [1.807, 2.05) is 13.8 Å². The minimum absolute atomic E-state index is 0.0255. The van der Waals surface area contributed by atoms with Crippen LogP contribution in [0.25, 0.3) is 28.4 Å². The molecule has 12 nitrogen and oxygen atoms in total. The van der Waals surface area contributed by atoms with Crippen LogP contribution in [0.1, 0.15) is 12.5 Å². The van der Waals surface area contributed by atoms with Gasteiger partial charge in [0.15, 0.2) is 16.7 Å². The first-order valence-corrected chi connectivity index (χ1v) is 13.4. The van der Waals surface area contributed by atoms with Crippen LogP contribution in [-0.2, 0) is 10.0 Å². The molecule has 4 aromatic heterocycles. The number of sulfonamides is 1. The van der Waals surface area contributed by atoms with E-state index in [0.29, 0.717) is 46.7 Å². The van der Waals surface area contributed by atoms with Gasteiger partial charge in [0, 0.05) is 18.3 Å². The van der Waals surface area contributed by atoms with Crippen LogP contribution in [0.15, 0.2) is 65.8 Å². The molecule has 0 aliphatic carbocycles. The van der Waals surface area contributed by atoms with E-state index in [9.17, 15) is 8.42 Å². The van der Waals surface area contributed by atoms with Crippen LogP contribution >= 0.6 is 0 Å².